The fraction of sp³-hybridized carbons (Fsp3) is 0.318. The summed E-state index contributed by atoms with van der Waals surface area (Å²) in [6, 6.07) is 14.2. The number of hydrogen-bond donors (Lipinski definition) is 0. The second-order valence-electron chi connectivity index (χ2n) is 8.14. The molecule has 0 saturated carbocycles. The molecule has 0 saturated heterocycles. The summed E-state index contributed by atoms with van der Waals surface area (Å²) in [5.74, 6) is 0.789. The molecule has 1 aromatic heterocycles. The number of carbonyl (C=O) groups excluding carboxylic acids is 1. The van der Waals surface area contributed by atoms with Crippen LogP contribution in [-0.2, 0) is 23.4 Å². The van der Waals surface area contributed by atoms with E-state index in [-0.39, 0.29) is 23.7 Å². The number of rotatable bonds is 5. The standard InChI is InChI=1S/C22H23FN4O2S/c1-22(2,3)16-9-7-15(8-10-16)12-26-20(28)14-30-21-25-24-19(27(21)26)13-29-18-6-4-5-17(23)11-18/h4-11H,12-14H2,1-3H3. The highest BCUT2D eigenvalue weighted by Gasteiger charge is 2.29. The van der Waals surface area contributed by atoms with Gasteiger partial charge in [0.2, 0.25) is 5.16 Å². The summed E-state index contributed by atoms with van der Waals surface area (Å²) >= 11 is 1.34. The lowest BCUT2D eigenvalue weighted by Gasteiger charge is -2.29. The molecule has 0 spiro atoms. The molecule has 0 unspecified atom stereocenters. The van der Waals surface area contributed by atoms with Crippen LogP contribution < -0.4 is 9.75 Å². The Morgan fingerprint density at radius 2 is 1.90 bits per heavy atom. The van der Waals surface area contributed by atoms with Crippen molar-refractivity contribution >= 4 is 17.7 Å². The van der Waals surface area contributed by atoms with Gasteiger partial charge >= 0.3 is 0 Å². The number of aromatic nitrogens is 3. The molecule has 0 fully saturated rings. The average Bonchev–Trinajstić information content (AvgIpc) is 3.12. The third kappa shape index (κ3) is 4.33. The van der Waals surface area contributed by atoms with Crippen LogP contribution in [0.5, 0.6) is 5.75 Å². The first-order valence-electron chi connectivity index (χ1n) is 9.67. The topological polar surface area (TPSA) is 60.3 Å². The smallest absolute Gasteiger partial charge is 0.252 e. The second-order valence-corrected chi connectivity index (χ2v) is 9.09. The maximum atomic E-state index is 13.4. The summed E-state index contributed by atoms with van der Waals surface area (Å²) < 4.78 is 20.8. The van der Waals surface area contributed by atoms with Crippen molar-refractivity contribution in [2.24, 2.45) is 0 Å². The molecular formula is C22H23FN4O2S. The molecule has 2 aromatic carbocycles. The third-order valence-corrected chi connectivity index (χ3v) is 5.75. The van der Waals surface area contributed by atoms with Gasteiger partial charge in [-0.2, -0.15) is 0 Å². The van der Waals surface area contributed by atoms with E-state index < -0.39 is 0 Å². The van der Waals surface area contributed by atoms with Gasteiger partial charge in [-0.25, -0.2) is 14.1 Å². The molecule has 3 aromatic rings. The quantitative estimate of drug-likeness (QED) is 0.616. The highest BCUT2D eigenvalue weighted by Crippen LogP contribution is 2.26. The number of thioether (sulfide) groups is 1. The minimum absolute atomic E-state index is 0.0285. The Bertz CT molecular complexity index is 1060. The lowest BCUT2D eigenvalue weighted by atomic mass is 9.87. The Kier molecular flexibility index (Phi) is 5.51. The van der Waals surface area contributed by atoms with Crippen molar-refractivity contribution in [1.29, 1.82) is 0 Å². The Labute approximate surface area is 179 Å². The molecule has 0 aliphatic carbocycles. The van der Waals surface area contributed by atoms with Gasteiger partial charge in [-0.1, -0.05) is 62.9 Å². The number of benzene rings is 2. The van der Waals surface area contributed by atoms with Crippen LogP contribution >= 0.6 is 11.8 Å². The van der Waals surface area contributed by atoms with E-state index in [4.69, 9.17) is 4.74 Å². The number of ether oxygens (including phenoxy) is 1. The number of halogens is 1. The number of fused-ring (bicyclic) bond motifs is 1. The minimum Gasteiger partial charge on any atom is -0.485 e. The van der Waals surface area contributed by atoms with Crippen LogP contribution in [-0.4, -0.2) is 26.5 Å². The summed E-state index contributed by atoms with van der Waals surface area (Å²) in [6.45, 7) is 6.98. The first-order chi connectivity index (χ1) is 14.3. The molecule has 30 heavy (non-hydrogen) atoms. The maximum Gasteiger partial charge on any atom is 0.252 e. The first kappa shape index (κ1) is 20.4. The van der Waals surface area contributed by atoms with Crippen LogP contribution in [0.2, 0.25) is 0 Å². The Hall–Kier alpha value is -2.87. The van der Waals surface area contributed by atoms with Gasteiger partial charge in [0.05, 0.1) is 12.3 Å². The van der Waals surface area contributed by atoms with E-state index in [1.165, 1.54) is 29.5 Å². The molecule has 0 radical (unpaired) electrons. The van der Waals surface area contributed by atoms with Crippen molar-refractivity contribution in [2.75, 3.05) is 10.8 Å². The minimum atomic E-state index is -0.373. The van der Waals surface area contributed by atoms with Crippen molar-refractivity contribution in [3.05, 3.63) is 71.3 Å². The lowest BCUT2D eigenvalue weighted by molar-refractivity contribution is -0.118. The molecule has 1 aliphatic heterocycles. The van der Waals surface area contributed by atoms with E-state index in [0.717, 1.165) is 5.56 Å². The van der Waals surface area contributed by atoms with E-state index in [1.54, 1.807) is 21.8 Å². The summed E-state index contributed by atoms with van der Waals surface area (Å²) in [5, 5.41) is 10.7. The lowest BCUT2D eigenvalue weighted by Crippen LogP contribution is -2.45. The molecule has 1 aliphatic rings. The molecule has 0 bridgehead atoms. The number of nitrogens with zero attached hydrogens (tertiary/aromatic N) is 4. The molecule has 2 heterocycles. The Balaban J connectivity index is 1.56. The van der Waals surface area contributed by atoms with Crippen molar-refractivity contribution < 1.29 is 13.9 Å². The van der Waals surface area contributed by atoms with Crippen LogP contribution in [0, 0.1) is 5.82 Å². The molecule has 6 nitrogen and oxygen atoms in total. The Morgan fingerprint density at radius 3 is 2.60 bits per heavy atom. The van der Waals surface area contributed by atoms with Gasteiger partial charge in [-0.05, 0) is 28.7 Å². The third-order valence-electron chi connectivity index (χ3n) is 4.85. The van der Waals surface area contributed by atoms with Crippen LogP contribution in [0.15, 0.2) is 53.7 Å². The van der Waals surface area contributed by atoms with Crippen molar-refractivity contribution in [3.63, 3.8) is 0 Å². The predicted molar refractivity (Wildman–Crippen MR) is 114 cm³/mol. The largest absolute Gasteiger partial charge is 0.485 e. The van der Waals surface area contributed by atoms with Crippen molar-refractivity contribution in [1.82, 2.24) is 14.9 Å². The van der Waals surface area contributed by atoms with E-state index >= 15 is 0 Å². The number of carbonyl (C=O) groups is 1. The van der Waals surface area contributed by atoms with E-state index in [9.17, 15) is 9.18 Å². The molecule has 1 amide bonds. The number of amides is 1. The zero-order valence-corrected chi connectivity index (χ0v) is 17.9. The van der Waals surface area contributed by atoms with Crippen LogP contribution in [0.3, 0.4) is 0 Å². The molecule has 0 atom stereocenters. The summed E-state index contributed by atoms with van der Waals surface area (Å²) in [7, 11) is 0. The summed E-state index contributed by atoms with van der Waals surface area (Å²) in [6.07, 6.45) is 0. The monoisotopic (exact) mass is 426 g/mol. The Morgan fingerprint density at radius 1 is 1.13 bits per heavy atom. The zero-order chi connectivity index (χ0) is 21.3. The first-order valence-corrected chi connectivity index (χ1v) is 10.7. The molecule has 8 heteroatoms. The average molecular weight is 427 g/mol. The van der Waals surface area contributed by atoms with E-state index in [2.05, 4.69) is 43.1 Å². The molecule has 4 rings (SSSR count). The zero-order valence-electron chi connectivity index (χ0n) is 17.1. The van der Waals surface area contributed by atoms with Gasteiger partial charge in [-0.3, -0.25) is 4.79 Å². The number of hydrogen-bond acceptors (Lipinski definition) is 5. The second kappa shape index (κ2) is 8.10. The summed E-state index contributed by atoms with van der Waals surface area (Å²) in [5.41, 5.74) is 2.32. The van der Waals surface area contributed by atoms with Gasteiger partial charge in [-0.15, -0.1) is 10.2 Å². The SMILES string of the molecule is CC(C)(C)c1ccc(CN2C(=O)CSc3nnc(COc4cccc(F)c4)n32)cc1. The summed E-state index contributed by atoms with van der Waals surface area (Å²) in [4.78, 5) is 12.7. The van der Waals surface area contributed by atoms with Gasteiger partial charge in [0.1, 0.15) is 18.2 Å². The van der Waals surface area contributed by atoms with Crippen LogP contribution in [0.1, 0.15) is 37.7 Å². The normalized spacial score (nSPS) is 14.0. The highest BCUT2D eigenvalue weighted by molar-refractivity contribution is 7.99. The fourth-order valence-corrected chi connectivity index (χ4v) is 4.00. The van der Waals surface area contributed by atoms with Crippen LogP contribution in [0.25, 0.3) is 0 Å². The van der Waals surface area contributed by atoms with E-state index in [0.29, 0.717) is 29.0 Å². The van der Waals surface area contributed by atoms with Gasteiger partial charge in [0.15, 0.2) is 5.82 Å². The highest BCUT2D eigenvalue weighted by atomic mass is 32.2. The predicted octanol–water partition coefficient (Wildman–Crippen LogP) is 4.06. The van der Waals surface area contributed by atoms with Crippen LogP contribution in [0.4, 0.5) is 4.39 Å². The maximum absolute atomic E-state index is 13.4. The fourth-order valence-electron chi connectivity index (χ4n) is 3.18. The molecule has 156 valence electrons. The molecular weight excluding hydrogens is 403 g/mol. The van der Waals surface area contributed by atoms with E-state index in [1.807, 2.05) is 12.1 Å². The van der Waals surface area contributed by atoms with Gasteiger partial charge in [0.25, 0.3) is 5.91 Å². The van der Waals surface area contributed by atoms with Crippen molar-refractivity contribution in [3.8, 4) is 5.75 Å². The molecule has 0 N–H and O–H groups in total. The van der Waals surface area contributed by atoms with Gasteiger partial charge in [0, 0.05) is 6.07 Å². The van der Waals surface area contributed by atoms with Gasteiger partial charge < -0.3 is 4.74 Å². The van der Waals surface area contributed by atoms with Crippen molar-refractivity contribution in [2.45, 2.75) is 44.5 Å².